The van der Waals surface area contributed by atoms with Gasteiger partial charge in [0.25, 0.3) is 0 Å². The number of rotatable bonds is 7. The molecule has 2 N–H and O–H groups in total. The molecule has 0 aromatic carbocycles. The number of nitrogens with zero attached hydrogens (tertiary/aromatic N) is 2. The van der Waals surface area contributed by atoms with Crippen LogP contribution in [-0.2, 0) is 0 Å². The normalized spacial score (nSPS) is 29.5. The van der Waals surface area contributed by atoms with Crippen molar-refractivity contribution in [2.75, 3.05) is 40.3 Å². The van der Waals surface area contributed by atoms with E-state index in [0.29, 0.717) is 11.5 Å². The van der Waals surface area contributed by atoms with Gasteiger partial charge in [-0.15, -0.1) is 0 Å². The van der Waals surface area contributed by atoms with E-state index in [1.54, 1.807) is 0 Å². The lowest BCUT2D eigenvalue weighted by atomic mass is 9.84. The second-order valence-electron chi connectivity index (χ2n) is 6.18. The van der Waals surface area contributed by atoms with E-state index < -0.39 is 0 Å². The Kier molecular flexibility index (Phi) is 5.90. The van der Waals surface area contributed by atoms with E-state index in [0.717, 1.165) is 6.54 Å². The van der Waals surface area contributed by atoms with Crippen LogP contribution in [0.1, 0.15) is 39.5 Å². The van der Waals surface area contributed by atoms with Crippen molar-refractivity contribution >= 4 is 0 Å². The van der Waals surface area contributed by atoms with Gasteiger partial charge in [0.1, 0.15) is 0 Å². The zero-order valence-electron chi connectivity index (χ0n) is 12.2. The van der Waals surface area contributed by atoms with Gasteiger partial charge in [0.2, 0.25) is 0 Å². The van der Waals surface area contributed by atoms with Gasteiger partial charge < -0.3 is 15.5 Å². The third-order valence-corrected chi connectivity index (χ3v) is 4.27. The molecule has 17 heavy (non-hydrogen) atoms. The first-order chi connectivity index (χ1) is 7.98. The zero-order chi connectivity index (χ0) is 12.9. The van der Waals surface area contributed by atoms with Gasteiger partial charge >= 0.3 is 0 Å². The van der Waals surface area contributed by atoms with Crippen molar-refractivity contribution < 1.29 is 0 Å². The van der Waals surface area contributed by atoms with Crippen molar-refractivity contribution in [3.63, 3.8) is 0 Å². The quantitative estimate of drug-likeness (QED) is 0.737. The molecule has 0 heterocycles. The molecule has 0 aromatic rings. The van der Waals surface area contributed by atoms with E-state index in [9.17, 15) is 0 Å². The molecule has 1 aliphatic rings. The Morgan fingerprint density at radius 3 is 2.47 bits per heavy atom. The maximum atomic E-state index is 6.26. The summed E-state index contributed by atoms with van der Waals surface area (Å²) in [5.41, 5.74) is 6.61. The third kappa shape index (κ3) is 4.57. The van der Waals surface area contributed by atoms with Gasteiger partial charge in [-0.2, -0.15) is 0 Å². The van der Waals surface area contributed by atoms with Crippen LogP contribution in [0.3, 0.4) is 0 Å². The fourth-order valence-corrected chi connectivity index (χ4v) is 2.93. The van der Waals surface area contributed by atoms with Gasteiger partial charge in [0.05, 0.1) is 0 Å². The summed E-state index contributed by atoms with van der Waals surface area (Å²) in [6.45, 7) is 9.35. The number of hydrogen-bond donors (Lipinski definition) is 1. The summed E-state index contributed by atoms with van der Waals surface area (Å²) in [7, 11) is 4.29. The molecule has 0 aliphatic heterocycles. The Hall–Kier alpha value is -0.120. The maximum Gasteiger partial charge on any atom is 0.0105 e. The van der Waals surface area contributed by atoms with Gasteiger partial charge in [-0.3, -0.25) is 0 Å². The predicted molar refractivity (Wildman–Crippen MR) is 75.2 cm³/mol. The van der Waals surface area contributed by atoms with Gasteiger partial charge in [0, 0.05) is 12.6 Å². The van der Waals surface area contributed by atoms with Crippen LogP contribution in [0.5, 0.6) is 0 Å². The summed E-state index contributed by atoms with van der Waals surface area (Å²) in [5.74, 6) is 0. The van der Waals surface area contributed by atoms with Crippen molar-refractivity contribution in [3.8, 4) is 0 Å². The molecule has 3 nitrogen and oxygen atoms in total. The van der Waals surface area contributed by atoms with Crippen LogP contribution in [0.25, 0.3) is 0 Å². The smallest absolute Gasteiger partial charge is 0.0105 e. The third-order valence-electron chi connectivity index (χ3n) is 4.27. The summed E-state index contributed by atoms with van der Waals surface area (Å²) in [5, 5.41) is 0. The molecule has 0 aromatic heterocycles. The summed E-state index contributed by atoms with van der Waals surface area (Å²) < 4.78 is 0. The van der Waals surface area contributed by atoms with Gasteiger partial charge in [-0.25, -0.2) is 0 Å². The van der Waals surface area contributed by atoms with Gasteiger partial charge in [0.15, 0.2) is 0 Å². The lowest BCUT2D eigenvalue weighted by Crippen LogP contribution is -2.44. The standard InChI is InChI=1S/C14H31N3/c1-5-17(11-7-10-16(3)4)12-14(2)9-6-8-13(14)15/h13H,5-12,15H2,1-4H3. The fourth-order valence-electron chi connectivity index (χ4n) is 2.93. The molecule has 0 spiro atoms. The summed E-state index contributed by atoms with van der Waals surface area (Å²) in [4.78, 5) is 4.84. The SMILES string of the molecule is CCN(CCCN(C)C)CC1(C)CCCC1N. The Morgan fingerprint density at radius 1 is 1.29 bits per heavy atom. The first-order valence-electron chi connectivity index (χ1n) is 7.10. The second-order valence-corrected chi connectivity index (χ2v) is 6.18. The van der Waals surface area contributed by atoms with Crippen molar-refractivity contribution in [2.45, 2.75) is 45.6 Å². The molecule has 1 rings (SSSR count). The molecule has 0 amide bonds. The topological polar surface area (TPSA) is 32.5 Å². The molecule has 0 radical (unpaired) electrons. The minimum atomic E-state index is 0.355. The van der Waals surface area contributed by atoms with Crippen LogP contribution in [0.4, 0.5) is 0 Å². The lowest BCUT2D eigenvalue weighted by Gasteiger charge is -2.35. The van der Waals surface area contributed by atoms with Crippen molar-refractivity contribution in [1.82, 2.24) is 9.80 Å². The lowest BCUT2D eigenvalue weighted by molar-refractivity contribution is 0.153. The monoisotopic (exact) mass is 241 g/mol. The highest BCUT2D eigenvalue weighted by Gasteiger charge is 2.37. The zero-order valence-corrected chi connectivity index (χ0v) is 12.2. The first kappa shape index (κ1) is 14.9. The maximum absolute atomic E-state index is 6.26. The van der Waals surface area contributed by atoms with Crippen LogP contribution in [0.15, 0.2) is 0 Å². The highest BCUT2D eigenvalue weighted by molar-refractivity contribution is 4.93. The van der Waals surface area contributed by atoms with E-state index in [1.165, 1.54) is 45.3 Å². The summed E-state index contributed by atoms with van der Waals surface area (Å²) in [6.07, 6.45) is 5.09. The molecule has 0 bridgehead atoms. The average molecular weight is 241 g/mol. The van der Waals surface area contributed by atoms with Crippen molar-refractivity contribution in [3.05, 3.63) is 0 Å². The molecule has 1 saturated carbocycles. The summed E-state index contributed by atoms with van der Waals surface area (Å²) >= 11 is 0. The van der Waals surface area contributed by atoms with Crippen LogP contribution in [0, 0.1) is 5.41 Å². The highest BCUT2D eigenvalue weighted by atomic mass is 15.1. The number of hydrogen-bond acceptors (Lipinski definition) is 3. The first-order valence-corrected chi connectivity index (χ1v) is 7.10. The molecule has 1 aliphatic carbocycles. The molecule has 0 saturated heterocycles. The molecule has 2 atom stereocenters. The van der Waals surface area contributed by atoms with Crippen LogP contribution in [-0.4, -0.2) is 56.1 Å². The van der Waals surface area contributed by atoms with E-state index in [2.05, 4.69) is 37.7 Å². The minimum Gasteiger partial charge on any atom is -0.327 e. The van der Waals surface area contributed by atoms with Gasteiger partial charge in [-0.1, -0.05) is 20.3 Å². The molecular formula is C14H31N3. The van der Waals surface area contributed by atoms with E-state index in [-0.39, 0.29) is 0 Å². The second kappa shape index (κ2) is 6.72. The van der Waals surface area contributed by atoms with E-state index in [1.807, 2.05) is 0 Å². The Morgan fingerprint density at radius 2 is 2.00 bits per heavy atom. The molecular weight excluding hydrogens is 210 g/mol. The molecule has 3 heteroatoms. The Labute approximate surface area is 107 Å². The van der Waals surface area contributed by atoms with Gasteiger partial charge in [-0.05, 0) is 58.4 Å². The van der Waals surface area contributed by atoms with Crippen LogP contribution in [0.2, 0.25) is 0 Å². The van der Waals surface area contributed by atoms with Crippen LogP contribution >= 0.6 is 0 Å². The van der Waals surface area contributed by atoms with E-state index in [4.69, 9.17) is 5.73 Å². The van der Waals surface area contributed by atoms with Crippen molar-refractivity contribution in [1.29, 1.82) is 0 Å². The average Bonchev–Trinajstić information content (AvgIpc) is 2.57. The number of nitrogens with two attached hydrogens (primary N) is 1. The highest BCUT2D eigenvalue weighted by Crippen LogP contribution is 2.37. The Bertz CT molecular complexity index is 218. The largest absolute Gasteiger partial charge is 0.327 e. The van der Waals surface area contributed by atoms with Crippen molar-refractivity contribution in [2.24, 2.45) is 11.1 Å². The molecule has 102 valence electrons. The fraction of sp³-hybridized carbons (Fsp3) is 1.00. The minimum absolute atomic E-state index is 0.355. The van der Waals surface area contributed by atoms with Crippen LogP contribution < -0.4 is 5.73 Å². The predicted octanol–water partition coefficient (Wildman–Crippen LogP) is 1.78. The Balaban J connectivity index is 2.35. The molecule has 2 unspecified atom stereocenters. The summed E-state index contributed by atoms with van der Waals surface area (Å²) in [6, 6.07) is 0.408. The van der Waals surface area contributed by atoms with E-state index >= 15 is 0 Å². The molecule has 1 fully saturated rings.